The van der Waals surface area contributed by atoms with Crippen molar-refractivity contribution in [2.45, 2.75) is 6.54 Å². The van der Waals surface area contributed by atoms with Crippen LogP contribution in [-0.2, 0) is 6.54 Å². The SMILES string of the molecule is CNCc1cccnc1N1CCN(C)CC1. The predicted octanol–water partition coefficient (Wildman–Crippen LogP) is 0.553. The standard InChI is InChI=1S/C12H20N4/c1-13-10-11-4-3-5-14-12(11)16-8-6-15(2)7-9-16/h3-5,13H,6-10H2,1-2H3. The molecule has 0 radical (unpaired) electrons. The van der Waals surface area contributed by atoms with Gasteiger partial charge in [-0.2, -0.15) is 0 Å². The van der Waals surface area contributed by atoms with Crippen LogP contribution in [0.2, 0.25) is 0 Å². The molecule has 2 rings (SSSR count). The van der Waals surface area contributed by atoms with Crippen molar-refractivity contribution in [2.24, 2.45) is 0 Å². The van der Waals surface area contributed by atoms with E-state index in [0.29, 0.717) is 0 Å². The molecule has 0 saturated carbocycles. The van der Waals surface area contributed by atoms with Crippen LogP contribution in [-0.4, -0.2) is 50.2 Å². The van der Waals surface area contributed by atoms with Crippen molar-refractivity contribution < 1.29 is 0 Å². The molecule has 4 nitrogen and oxygen atoms in total. The van der Waals surface area contributed by atoms with Crippen LogP contribution >= 0.6 is 0 Å². The van der Waals surface area contributed by atoms with E-state index in [4.69, 9.17) is 0 Å². The first-order valence-corrected chi connectivity index (χ1v) is 5.83. The van der Waals surface area contributed by atoms with Crippen molar-refractivity contribution in [3.05, 3.63) is 23.9 Å². The zero-order chi connectivity index (χ0) is 11.4. The van der Waals surface area contributed by atoms with Crippen LogP contribution in [0.1, 0.15) is 5.56 Å². The van der Waals surface area contributed by atoms with Crippen LogP contribution in [0, 0.1) is 0 Å². The number of rotatable bonds is 3. The van der Waals surface area contributed by atoms with Gasteiger partial charge in [0.25, 0.3) is 0 Å². The number of nitrogens with one attached hydrogen (secondary N) is 1. The summed E-state index contributed by atoms with van der Waals surface area (Å²) in [4.78, 5) is 9.25. The highest BCUT2D eigenvalue weighted by molar-refractivity contribution is 5.47. The monoisotopic (exact) mass is 220 g/mol. The Bertz CT molecular complexity index is 332. The van der Waals surface area contributed by atoms with Crippen LogP contribution in [0.15, 0.2) is 18.3 Å². The van der Waals surface area contributed by atoms with Gasteiger partial charge in [-0.1, -0.05) is 6.07 Å². The molecule has 2 heterocycles. The number of likely N-dealkylation sites (N-methyl/N-ethyl adjacent to an activating group) is 1. The molecular formula is C12H20N4. The number of aromatic nitrogens is 1. The minimum absolute atomic E-state index is 0.884. The normalized spacial score (nSPS) is 17.8. The molecule has 0 atom stereocenters. The second-order valence-corrected chi connectivity index (χ2v) is 4.31. The Morgan fingerprint density at radius 2 is 2.06 bits per heavy atom. The molecule has 0 aromatic carbocycles. The largest absolute Gasteiger partial charge is 0.354 e. The summed E-state index contributed by atoms with van der Waals surface area (Å²) in [5.41, 5.74) is 1.29. The summed E-state index contributed by atoms with van der Waals surface area (Å²) in [6, 6.07) is 4.16. The molecule has 1 aromatic rings. The Balaban J connectivity index is 2.13. The number of anilines is 1. The molecule has 1 saturated heterocycles. The molecule has 1 N–H and O–H groups in total. The Labute approximate surface area is 97.3 Å². The summed E-state index contributed by atoms with van der Waals surface area (Å²) in [5.74, 6) is 1.14. The van der Waals surface area contributed by atoms with Crippen LogP contribution < -0.4 is 10.2 Å². The van der Waals surface area contributed by atoms with Gasteiger partial charge in [0.1, 0.15) is 5.82 Å². The Kier molecular flexibility index (Phi) is 3.74. The molecule has 0 amide bonds. The average molecular weight is 220 g/mol. The summed E-state index contributed by atoms with van der Waals surface area (Å²) in [6.45, 7) is 5.27. The van der Waals surface area contributed by atoms with E-state index in [0.717, 1.165) is 38.5 Å². The van der Waals surface area contributed by atoms with Gasteiger partial charge in [0.05, 0.1) is 0 Å². The van der Waals surface area contributed by atoms with E-state index in [1.807, 2.05) is 19.3 Å². The molecule has 0 spiro atoms. The highest BCUT2D eigenvalue weighted by Crippen LogP contribution is 2.18. The fraction of sp³-hybridized carbons (Fsp3) is 0.583. The van der Waals surface area contributed by atoms with Gasteiger partial charge in [-0.25, -0.2) is 4.98 Å². The fourth-order valence-corrected chi connectivity index (χ4v) is 2.06. The second-order valence-electron chi connectivity index (χ2n) is 4.31. The van der Waals surface area contributed by atoms with E-state index in [9.17, 15) is 0 Å². The second kappa shape index (κ2) is 5.27. The third kappa shape index (κ3) is 2.51. The van der Waals surface area contributed by atoms with Gasteiger partial charge in [0, 0.05) is 44.5 Å². The molecule has 88 valence electrons. The van der Waals surface area contributed by atoms with Crippen LogP contribution in [0.25, 0.3) is 0 Å². The zero-order valence-corrected chi connectivity index (χ0v) is 10.1. The minimum atomic E-state index is 0.884. The first-order valence-electron chi connectivity index (χ1n) is 5.83. The summed E-state index contributed by atoms with van der Waals surface area (Å²) in [6.07, 6.45) is 1.88. The van der Waals surface area contributed by atoms with Gasteiger partial charge in [0.15, 0.2) is 0 Å². The smallest absolute Gasteiger partial charge is 0.133 e. The Hall–Kier alpha value is -1.13. The zero-order valence-electron chi connectivity index (χ0n) is 10.1. The van der Waals surface area contributed by atoms with Gasteiger partial charge in [-0.15, -0.1) is 0 Å². The summed E-state index contributed by atoms with van der Waals surface area (Å²) < 4.78 is 0. The Morgan fingerprint density at radius 1 is 1.31 bits per heavy atom. The molecule has 1 fully saturated rings. The molecule has 1 aromatic heterocycles. The topological polar surface area (TPSA) is 31.4 Å². The van der Waals surface area contributed by atoms with Crippen LogP contribution in [0.3, 0.4) is 0 Å². The number of hydrogen-bond donors (Lipinski definition) is 1. The lowest BCUT2D eigenvalue weighted by Crippen LogP contribution is -2.45. The van der Waals surface area contributed by atoms with Crippen molar-refractivity contribution in [3.63, 3.8) is 0 Å². The number of nitrogens with zero attached hydrogens (tertiary/aromatic N) is 3. The van der Waals surface area contributed by atoms with Gasteiger partial charge < -0.3 is 15.1 Å². The lowest BCUT2D eigenvalue weighted by atomic mass is 10.2. The molecule has 0 aliphatic carbocycles. The van der Waals surface area contributed by atoms with Crippen molar-refractivity contribution in [3.8, 4) is 0 Å². The highest BCUT2D eigenvalue weighted by atomic mass is 15.3. The molecule has 1 aliphatic rings. The molecule has 1 aliphatic heterocycles. The van der Waals surface area contributed by atoms with E-state index in [1.54, 1.807) is 0 Å². The van der Waals surface area contributed by atoms with Crippen molar-refractivity contribution >= 4 is 5.82 Å². The lowest BCUT2D eigenvalue weighted by molar-refractivity contribution is 0.311. The van der Waals surface area contributed by atoms with Gasteiger partial charge in [-0.05, 0) is 20.2 Å². The van der Waals surface area contributed by atoms with E-state index >= 15 is 0 Å². The third-order valence-corrected chi connectivity index (χ3v) is 3.04. The molecule has 4 heteroatoms. The highest BCUT2D eigenvalue weighted by Gasteiger charge is 2.17. The van der Waals surface area contributed by atoms with Crippen LogP contribution in [0.4, 0.5) is 5.82 Å². The lowest BCUT2D eigenvalue weighted by Gasteiger charge is -2.34. The quantitative estimate of drug-likeness (QED) is 0.806. The van der Waals surface area contributed by atoms with E-state index < -0.39 is 0 Å². The summed E-state index contributed by atoms with van der Waals surface area (Å²) in [7, 11) is 4.14. The summed E-state index contributed by atoms with van der Waals surface area (Å²) in [5, 5.41) is 3.20. The van der Waals surface area contributed by atoms with E-state index in [2.05, 4.69) is 33.2 Å². The predicted molar refractivity (Wildman–Crippen MR) is 66.7 cm³/mol. The number of pyridine rings is 1. The maximum absolute atomic E-state index is 4.51. The first kappa shape index (κ1) is 11.4. The van der Waals surface area contributed by atoms with Crippen molar-refractivity contribution in [2.75, 3.05) is 45.2 Å². The number of hydrogen-bond acceptors (Lipinski definition) is 4. The first-order chi connectivity index (χ1) is 7.81. The Morgan fingerprint density at radius 3 is 2.75 bits per heavy atom. The van der Waals surface area contributed by atoms with E-state index in [1.165, 1.54) is 5.56 Å². The fourth-order valence-electron chi connectivity index (χ4n) is 2.06. The van der Waals surface area contributed by atoms with Gasteiger partial charge in [-0.3, -0.25) is 0 Å². The van der Waals surface area contributed by atoms with Gasteiger partial charge >= 0.3 is 0 Å². The number of piperazine rings is 1. The van der Waals surface area contributed by atoms with E-state index in [-0.39, 0.29) is 0 Å². The molecule has 0 bridgehead atoms. The minimum Gasteiger partial charge on any atom is -0.354 e. The average Bonchev–Trinajstić information content (AvgIpc) is 2.32. The summed E-state index contributed by atoms with van der Waals surface area (Å²) >= 11 is 0. The van der Waals surface area contributed by atoms with Crippen molar-refractivity contribution in [1.82, 2.24) is 15.2 Å². The third-order valence-electron chi connectivity index (χ3n) is 3.04. The maximum Gasteiger partial charge on any atom is 0.133 e. The molecule has 0 unspecified atom stereocenters. The van der Waals surface area contributed by atoms with Gasteiger partial charge in [0.2, 0.25) is 0 Å². The molecular weight excluding hydrogens is 200 g/mol. The maximum atomic E-state index is 4.51. The van der Waals surface area contributed by atoms with Crippen LogP contribution in [0.5, 0.6) is 0 Å². The molecule has 16 heavy (non-hydrogen) atoms. The van der Waals surface area contributed by atoms with Crippen molar-refractivity contribution in [1.29, 1.82) is 0 Å².